The molecule has 0 saturated heterocycles. The van der Waals surface area contributed by atoms with Crippen molar-refractivity contribution in [3.05, 3.63) is 15.9 Å². The molecule has 1 saturated carbocycles. The molecule has 0 amide bonds. The Morgan fingerprint density at radius 3 is 2.71 bits per heavy atom. The first-order chi connectivity index (χ1) is 6.74. The first-order valence-electron chi connectivity index (χ1n) is 4.91. The minimum atomic E-state index is 0.527. The van der Waals surface area contributed by atoms with E-state index in [0.717, 1.165) is 17.5 Å². The van der Waals surface area contributed by atoms with Crippen LogP contribution in [-0.4, -0.2) is 16.1 Å². The minimum absolute atomic E-state index is 0.527. The quantitative estimate of drug-likeness (QED) is 0.763. The number of carbonyl (C=O) groups excluding carboxylic acids is 1. The van der Waals surface area contributed by atoms with Gasteiger partial charge in [-0.2, -0.15) is 5.10 Å². The molecule has 1 aromatic heterocycles. The van der Waals surface area contributed by atoms with Gasteiger partial charge in [-0.25, -0.2) is 0 Å². The molecule has 0 N–H and O–H groups in total. The molecule has 14 heavy (non-hydrogen) atoms. The lowest BCUT2D eigenvalue weighted by Gasteiger charge is -2.09. The maximum Gasteiger partial charge on any atom is 0.154 e. The molecule has 1 aliphatic carbocycles. The van der Waals surface area contributed by atoms with Gasteiger partial charge in [-0.1, -0.05) is 12.8 Å². The summed E-state index contributed by atoms with van der Waals surface area (Å²) in [6, 6.07) is 0. The van der Waals surface area contributed by atoms with E-state index in [1.807, 2.05) is 11.7 Å². The zero-order valence-corrected chi connectivity index (χ0v) is 9.75. The van der Waals surface area contributed by atoms with Crippen molar-refractivity contribution in [2.75, 3.05) is 0 Å². The van der Waals surface area contributed by atoms with Gasteiger partial charge in [0.05, 0.1) is 11.3 Å². The van der Waals surface area contributed by atoms with E-state index in [9.17, 15) is 4.79 Å². The number of hydrogen-bond acceptors (Lipinski definition) is 2. The monoisotopic (exact) mass is 256 g/mol. The Hall–Kier alpha value is -0.640. The van der Waals surface area contributed by atoms with Crippen LogP contribution in [0.5, 0.6) is 0 Å². The average molecular weight is 257 g/mol. The Morgan fingerprint density at radius 1 is 1.50 bits per heavy atom. The van der Waals surface area contributed by atoms with Gasteiger partial charge in [0.1, 0.15) is 4.60 Å². The number of carbonyl (C=O) groups is 1. The second kappa shape index (κ2) is 3.85. The van der Waals surface area contributed by atoms with E-state index < -0.39 is 0 Å². The molecule has 0 radical (unpaired) electrons. The largest absolute Gasteiger partial charge is 0.298 e. The van der Waals surface area contributed by atoms with Gasteiger partial charge in [0.15, 0.2) is 6.29 Å². The standard InChI is InChI=1S/C10H13BrN2O/c1-13-9(7-4-2-3-5-7)8(6-14)10(11)12-13/h6-7H,2-5H2,1H3. The fourth-order valence-corrected chi connectivity index (χ4v) is 2.85. The summed E-state index contributed by atoms with van der Waals surface area (Å²) in [5, 5.41) is 4.23. The molecular weight excluding hydrogens is 244 g/mol. The van der Waals surface area contributed by atoms with Crippen LogP contribution in [0, 0.1) is 0 Å². The van der Waals surface area contributed by atoms with E-state index in [1.165, 1.54) is 25.7 Å². The summed E-state index contributed by atoms with van der Waals surface area (Å²) in [6.07, 6.45) is 5.82. The lowest BCUT2D eigenvalue weighted by atomic mass is 10.0. The SMILES string of the molecule is Cn1nc(Br)c(C=O)c1C1CCCC1. The highest BCUT2D eigenvalue weighted by Gasteiger charge is 2.25. The average Bonchev–Trinajstić information content (AvgIpc) is 2.72. The summed E-state index contributed by atoms with van der Waals surface area (Å²) in [5.41, 5.74) is 1.84. The predicted octanol–water partition coefficient (Wildman–Crippen LogP) is 2.65. The number of nitrogens with zero attached hydrogens (tertiary/aromatic N) is 2. The summed E-state index contributed by atoms with van der Waals surface area (Å²) >= 11 is 3.31. The highest BCUT2D eigenvalue weighted by atomic mass is 79.9. The van der Waals surface area contributed by atoms with E-state index in [0.29, 0.717) is 10.5 Å². The normalized spacial score (nSPS) is 17.6. The van der Waals surface area contributed by atoms with Crippen LogP contribution in [0.4, 0.5) is 0 Å². The molecular formula is C10H13BrN2O. The molecule has 0 atom stereocenters. The van der Waals surface area contributed by atoms with Gasteiger partial charge in [0.2, 0.25) is 0 Å². The minimum Gasteiger partial charge on any atom is -0.298 e. The Balaban J connectivity index is 2.43. The molecule has 1 heterocycles. The molecule has 76 valence electrons. The molecule has 4 heteroatoms. The molecule has 1 aromatic rings. The molecule has 0 bridgehead atoms. The molecule has 0 aromatic carbocycles. The number of aldehydes is 1. The number of aromatic nitrogens is 2. The number of rotatable bonds is 2. The van der Waals surface area contributed by atoms with Crippen LogP contribution >= 0.6 is 15.9 Å². The molecule has 0 unspecified atom stereocenters. The number of halogens is 1. The van der Waals surface area contributed by atoms with Crippen LogP contribution in [0.15, 0.2) is 4.60 Å². The van der Waals surface area contributed by atoms with Gasteiger partial charge >= 0.3 is 0 Å². The van der Waals surface area contributed by atoms with Gasteiger partial charge < -0.3 is 0 Å². The molecule has 2 rings (SSSR count). The number of hydrogen-bond donors (Lipinski definition) is 0. The molecule has 1 fully saturated rings. The molecule has 1 aliphatic rings. The lowest BCUT2D eigenvalue weighted by molar-refractivity contribution is 0.112. The fraction of sp³-hybridized carbons (Fsp3) is 0.600. The topological polar surface area (TPSA) is 34.9 Å². The van der Waals surface area contributed by atoms with E-state index in [1.54, 1.807) is 0 Å². The Morgan fingerprint density at radius 2 is 2.14 bits per heavy atom. The fourth-order valence-electron chi connectivity index (χ4n) is 2.31. The molecule has 3 nitrogen and oxygen atoms in total. The van der Waals surface area contributed by atoms with Crippen molar-refractivity contribution >= 4 is 22.2 Å². The first-order valence-corrected chi connectivity index (χ1v) is 5.71. The van der Waals surface area contributed by atoms with Crippen LogP contribution in [0.1, 0.15) is 47.7 Å². The maximum absolute atomic E-state index is 10.9. The van der Waals surface area contributed by atoms with Crippen LogP contribution in [0.3, 0.4) is 0 Å². The Kier molecular flexibility index (Phi) is 2.72. The van der Waals surface area contributed by atoms with Crippen molar-refractivity contribution in [3.8, 4) is 0 Å². The van der Waals surface area contributed by atoms with Gasteiger partial charge in [-0.05, 0) is 28.8 Å². The molecule has 0 aliphatic heterocycles. The summed E-state index contributed by atoms with van der Waals surface area (Å²) in [4.78, 5) is 10.9. The second-order valence-corrected chi connectivity index (χ2v) is 4.56. The number of aryl methyl sites for hydroxylation is 1. The highest BCUT2D eigenvalue weighted by molar-refractivity contribution is 9.10. The van der Waals surface area contributed by atoms with Crippen LogP contribution in [0.2, 0.25) is 0 Å². The van der Waals surface area contributed by atoms with Crippen molar-refractivity contribution < 1.29 is 4.79 Å². The summed E-state index contributed by atoms with van der Waals surface area (Å²) in [5.74, 6) is 0.527. The summed E-state index contributed by atoms with van der Waals surface area (Å²) in [6.45, 7) is 0. The first kappa shape index (κ1) is 9.90. The predicted molar refractivity (Wildman–Crippen MR) is 57.5 cm³/mol. The van der Waals surface area contributed by atoms with Crippen molar-refractivity contribution in [2.24, 2.45) is 7.05 Å². The van der Waals surface area contributed by atoms with Crippen molar-refractivity contribution in [2.45, 2.75) is 31.6 Å². The second-order valence-electron chi connectivity index (χ2n) is 3.81. The third kappa shape index (κ3) is 1.52. The summed E-state index contributed by atoms with van der Waals surface area (Å²) in [7, 11) is 1.91. The zero-order valence-electron chi connectivity index (χ0n) is 8.16. The van der Waals surface area contributed by atoms with E-state index in [4.69, 9.17) is 0 Å². The lowest BCUT2D eigenvalue weighted by Crippen LogP contribution is -2.04. The van der Waals surface area contributed by atoms with Gasteiger partial charge in [0.25, 0.3) is 0 Å². The Labute approximate surface area is 91.6 Å². The summed E-state index contributed by atoms with van der Waals surface area (Å²) < 4.78 is 2.51. The zero-order chi connectivity index (χ0) is 10.1. The van der Waals surface area contributed by atoms with E-state index in [2.05, 4.69) is 21.0 Å². The van der Waals surface area contributed by atoms with E-state index >= 15 is 0 Å². The third-order valence-corrected chi connectivity index (χ3v) is 3.53. The third-order valence-electron chi connectivity index (χ3n) is 2.94. The maximum atomic E-state index is 10.9. The van der Waals surface area contributed by atoms with Crippen molar-refractivity contribution in [1.29, 1.82) is 0 Å². The smallest absolute Gasteiger partial charge is 0.154 e. The molecule has 0 spiro atoms. The van der Waals surface area contributed by atoms with Crippen LogP contribution in [-0.2, 0) is 7.05 Å². The van der Waals surface area contributed by atoms with Gasteiger partial charge in [-0.3, -0.25) is 9.48 Å². The van der Waals surface area contributed by atoms with Gasteiger partial charge in [-0.15, -0.1) is 0 Å². The van der Waals surface area contributed by atoms with Crippen LogP contribution < -0.4 is 0 Å². The van der Waals surface area contributed by atoms with Gasteiger partial charge in [0, 0.05) is 13.0 Å². The van der Waals surface area contributed by atoms with E-state index in [-0.39, 0.29) is 0 Å². The van der Waals surface area contributed by atoms with Crippen molar-refractivity contribution in [3.63, 3.8) is 0 Å². The Bertz CT molecular complexity index is 353. The van der Waals surface area contributed by atoms with Crippen molar-refractivity contribution in [1.82, 2.24) is 9.78 Å². The van der Waals surface area contributed by atoms with Crippen LogP contribution in [0.25, 0.3) is 0 Å². The highest BCUT2D eigenvalue weighted by Crippen LogP contribution is 2.36.